The number of carbonyl (C=O) groups is 1. The number of amides is 1. The second-order valence-corrected chi connectivity index (χ2v) is 8.12. The summed E-state index contributed by atoms with van der Waals surface area (Å²) in [6.07, 6.45) is 3.22. The van der Waals surface area contributed by atoms with Gasteiger partial charge in [0, 0.05) is 17.5 Å². The third-order valence-corrected chi connectivity index (χ3v) is 6.16. The number of aryl methyl sites for hydroxylation is 2. The average molecular weight is 394 g/mol. The molecule has 1 atom stereocenters. The number of nitrogens with zero attached hydrogens (tertiary/aromatic N) is 3. The molecule has 0 spiro atoms. The van der Waals surface area contributed by atoms with E-state index in [0.717, 1.165) is 24.2 Å². The molecule has 0 radical (unpaired) electrons. The molecule has 2 aromatic carbocycles. The highest BCUT2D eigenvalue weighted by atomic mass is 32.2. The van der Waals surface area contributed by atoms with Gasteiger partial charge >= 0.3 is 0 Å². The lowest BCUT2D eigenvalue weighted by Gasteiger charge is -2.33. The summed E-state index contributed by atoms with van der Waals surface area (Å²) >= 11 is 1.61. The highest BCUT2D eigenvalue weighted by Crippen LogP contribution is 2.34. The van der Waals surface area contributed by atoms with E-state index in [1.165, 1.54) is 11.1 Å². The largest absolute Gasteiger partial charge is 0.338 e. The fourth-order valence-corrected chi connectivity index (χ4v) is 4.45. The number of fused-ring (bicyclic) bond motifs is 1. The Bertz CT molecular complexity index is 968. The molecule has 1 amide bonds. The van der Waals surface area contributed by atoms with E-state index in [1.807, 2.05) is 36.2 Å². The van der Waals surface area contributed by atoms with Crippen LogP contribution in [0.3, 0.4) is 0 Å². The third-order valence-electron chi connectivity index (χ3n) is 5.16. The summed E-state index contributed by atoms with van der Waals surface area (Å²) in [5.74, 6) is 1.93. The zero-order chi connectivity index (χ0) is 19.5. The van der Waals surface area contributed by atoms with E-state index < -0.39 is 0 Å². The van der Waals surface area contributed by atoms with Gasteiger partial charge in [0.05, 0.1) is 11.8 Å². The van der Waals surface area contributed by atoms with Crippen LogP contribution < -0.4 is 0 Å². The van der Waals surface area contributed by atoms with Gasteiger partial charge in [-0.25, -0.2) is 0 Å². The van der Waals surface area contributed by atoms with Crippen LogP contribution in [0.4, 0.5) is 0 Å². The van der Waals surface area contributed by atoms with Crippen LogP contribution in [-0.2, 0) is 12.2 Å². The summed E-state index contributed by atoms with van der Waals surface area (Å²) in [4.78, 5) is 20.2. The Hall–Kier alpha value is -2.60. The predicted octanol–water partition coefficient (Wildman–Crippen LogP) is 4.82. The second kappa shape index (κ2) is 8.19. The van der Waals surface area contributed by atoms with Gasteiger partial charge in [-0.2, -0.15) is 4.98 Å². The molecule has 6 heteroatoms. The minimum absolute atomic E-state index is 0.0609. The fourth-order valence-electron chi connectivity index (χ4n) is 3.71. The predicted molar refractivity (Wildman–Crippen MR) is 109 cm³/mol. The highest BCUT2D eigenvalue weighted by Gasteiger charge is 2.27. The van der Waals surface area contributed by atoms with Crippen LogP contribution in [0.15, 0.2) is 57.9 Å². The maximum atomic E-state index is 13.0. The Kier molecular flexibility index (Phi) is 5.48. The molecular formula is C22H23N3O2S. The molecule has 1 aromatic heterocycles. The van der Waals surface area contributed by atoms with Crippen LogP contribution in [0.1, 0.15) is 52.1 Å². The normalized spacial score (nSPS) is 15.9. The SMILES string of the molecule is Cc1noc(CSc2ccc(C(=O)N(C)C3CCCc4ccccc43)cc2)n1. The van der Waals surface area contributed by atoms with Crippen molar-refractivity contribution in [1.29, 1.82) is 0 Å². The van der Waals surface area contributed by atoms with E-state index in [9.17, 15) is 4.79 Å². The first-order valence-electron chi connectivity index (χ1n) is 9.49. The molecule has 0 bridgehead atoms. The summed E-state index contributed by atoms with van der Waals surface area (Å²) in [6, 6.07) is 16.4. The lowest BCUT2D eigenvalue weighted by Crippen LogP contribution is -2.33. The van der Waals surface area contributed by atoms with Crippen LogP contribution in [-0.4, -0.2) is 28.0 Å². The Morgan fingerprint density at radius 2 is 2.00 bits per heavy atom. The maximum Gasteiger partial charge on any atom is 0.254 e. The van der Waals surface area contributed by atoms with E-state index in [-0.39, 0.29) is 11.9 Å². The summed E-state index contributed by atoms with van der Waals surface area (Å²) < 4.78 is 5.13. The van der Waals surface area contributed by atoms with Gasteiger partial charge in [0.15, 0.2) is 5.82 Å². The molecular weight excluding hydrogens is 370 g/mol. The van der Waals surface area contributed by atoms with E-state index in [0.29, 0.717) is 23.0 Å². The van der Waals surface area contributed by atoms with E-state index in [4.69, 9.17) is 4.52 Å². The van der Waals surface area contributed by atoms with Gasteiger partial charge in [-0.05, 0) is 61.6 Å². The quantitative estimate of drug-likeness (QED) is 0.582. The van der Waals surface area contributed by atoms with E-state index >= 15 is 0 Å². The molecule has 28 heavy (non-hydrogen) atoms. The lowest BCUT2D eigenvalue weighted by molar-refractivity contribution is 0.0715. The highest BCUT2D eigenvalue weighted by molar-refractivity contribution is 7.98. The van der Waals surface area contributed by atoms with Crippen LogP contribution in [0.25, 0.3) is 0 Å². The van der Waals surface area contributed by atoms with E-state index in [1.54, 1.807) is 18.7 Å². The molecule has 1 unspecified atom stereocenters. The van der Waals surface area contributed by atoms with Gasteiger partial charge in [0.25, 0.3) is 5.91 Å². The van der Waals surface area contributed by atoms with Gasteiger partial charge in [0.2, 0.25) is 5.89 Å². The first kappa shape index (κ1) is 18.7. The fraction of sp³-hybridized carbons (Fsp3) is 0.318. The maximum absolute atomic E-state index is 13.0. The first-order valence-corrected chi connectivity index (χ1v) is 10.5. The molecule has 1 heterocycles. The second-order valence-electron chi connectivity index (χ2n) is 7.07. The standard InChI is InChI=1S/C22H23N3O2S/c1-15-23-21(27-24-15)14-28-18-12-10-17(11-13-18)22(26)25(2)20-9-5-7-16-6-3-4-8-19(16)20/h3-4,6,8,10-13,20H,5,7,9,14H2,1-2H3. The summed E-state index contributed by atoms with van der Waals surface area (Å²) in [7, 11) is 1.91. The monoisotopic (exact) mass is 393 g/mol. The molecule has 1 aliphatic carbocycles. The molecule has 0 saturated carbocycles. The van der Waals surface area contributed by atoms with Crippen LogP contribution in [0, 0.1) is 6.92 Å². The van der Waals surface area contributed by atoms with Crippen LogP contribution in [0.2, 0.25) is 0 Å². The lowest BCUT2D eigenvalue weighted by atomic mass is 9.87. The molecule has 4 rings (SSSR count). The van der Waals surface area contributed by atoms with Crippen LogP contribution in [0.5, 0.6) is 0 Å². The zero-order valence-corrected chi connectivity index (χ0v) is 16.9. The Morgan fingerprint density at radius 3 is 2.75 bits per heavy atom. The van der Waals surface area contributed by atoms with Crippen molar-refractivity contribution in [3.05, 3.63) is 76.9 Å². The Morgan fingerprint density at radius 1 is 1.21 bits per heavy atom. The van der Waals surface area contributed by atoms with Crippen molar-refractivity contribution in [2.24, 2.45) is 0 Å². The zero-order valence-electron chi connectivity index (χ0n) is 16.1. The molecule has 0 saturated heterocycles. The molecule has 5 nitrogen and oxygen atoms in total. The number of carbonyl (C=O) groups excluding carboxylic acids is 1. The van der Waals surface area contributed by atoms with Crippen molar-refractivity contribution in [2.45, 2.75) is 42.9 Å². The Labute approximate surface area is 169 Å². The Balaban J connectivity index is 1.43. The van der Waals surface area contributed by atoms with Crippen molar-refractivity contribution in [2.75, 3.05) is 7.05 Å². The number of thioether (sulfide) groups is 1. The summed E-state index contributed by atoms with van der Waals surface area (Å²) in [5, 5.41) is 3.80. The van der Waals surface area contributed by atoms with Gasteiger partial charge in [-0.15, -0.1) is 11.8 Å². The van der Waals surface area contributed by atoms with Crippen molar-refractivity contribution in [3.8, 4) is 0 Å². The van der Waals surface area contributed by atoms with Crippen molar-refractivity contribution >= 4 is 17.7 Å². The number of rotatable bonds is 5. The minimum Gasteiger partial charge on any atom is -0.338 e. The molecule has 0 N–H and O–H groups in total. The summed E-state index contributed by atoms with van der Waals surface area (Å²) in [6.45, 7) is 1.80. The van der Waals surface area contributed by atoms with Crippen molar-refractivity contribution < 1.29 is 9.32 Å². The molecule has 0 aliphatic heterocycles. The van der Waals surface area contributed by atoms with Crippen molar-refractivity contribution in [1.82, 2.24) is 15.0 Å². The molecule has 144 valence electrons. The third kappa shape index (κ3) is 3.97. The van der Waals surface area contributed by atoms with Gasteiger partial charge in [-0.3, -0.25) is 4.79 Å². The average Bonchev–Trinajstić information content (AvgIpc) is 3.16. The van der Waals surface area contributed by atoms with E-state index in [2.05, 4.69) is 34.4 Å². The number of hydrogen-bond acceptors (Lipinski definition) is 5. The number of benzene rings is 2. The topological polar surface area (TPSA) is 59.2 Å². The van der Waals surface area contributed by atoms with Gasteiger partial charge in [-0.1, -0.05) is 29.4 Å². The van der Waals surface area contributed by atoms with Gasteiger partial charge in [0.1, 0.15) is 0 Å². The molecule has 3 aromatic rings. The molecule has 1 aliphatic rings. The number of aromatic nitrogens is 2. The minimum atomic E-state index is 0.0609. The number of hydrogen-bond donors (Lipinski definition) is 0. The smallest absolute Gasteiger partial charge is 0.254 e. The van der Waals surface area contributed by atoms with Gasteiger partial charge < -0.3 is 9.42 Å². The first-order chi connectivity index (χ1) is 13.6. The van der Waals surface area contributed by atoms with Crippen LogP contribution >= 0.6 is 11.8 Å². The molecule has 0 fully saturated rings. The summed E-state index contributed by atoms with van der Waals surface area (Å²) in [5.41, 5.74) is 3.36. The van der Waals surface area contributed by atoms with Crippen molar-refractivity contribution in [3.63, 3.8) is 0 Å².